The van der Waals surface area contributed by atoms with Crippen LogP contribution < -0.4 is 15.8 Å². The summed E-state index contributed by atoms with van der Waals surface area (Å²) in [5.41, 5.74) is 8.05. The third-order valence-corrected chi connectivity index (χ3v) is 3.47. The van der Waals surface area contributed by atoms with Crippen LogP contribution in [-0.2, 0) is 0 Å². The number of rotatable bonds is 5. The molecule has 0 bridgehead atoms. The summed E-state index contributed by atoms with van der Waals surface area (Å²) in [7, 11) is 1.66. The molecule has 0 amide bonds. The van der Waals surface area contributed by atoms with Crippen LogP contribution in [0.25, 0.3) is 0 Å². The third-order valence-electron chi connectivity index (χ3n) is 2.94. The van der Waals surface area contributed by atoms with E-state index >= 15 is 0 Å². The van der Waals surface area contributed by atoms with Crippen LogP contribution in [0, 0.1) is 0 Å². The first-order valence-electron chi connectivity index (χ1n) is 6.09. The first-order chi connectivity index (χ1) is 9.22. The summed E-state index contributed by atoms with van der Waals surface area (Å²) in [5, 5.41) is 3.42. The molecule has 2 rings (SSSR count). The molecule has 19 heavy (non-hydrogen) atoms. The number of nitrogens with two attached hydrogens (primary N) is 1. The Kier molecular flexibility index (Phi) is 4.82. The summed E-state index contributed by atoms with van der Waals surface area (Å²) in [6, 6.07) is 16.1. The maximum absolute atomic E-state index is 5.85. The Labute approximate surface area is 121 Å². The van der Waals surface area contributed by atoms with Gasteiger partial charge in [0.2, 0.25) is 0 Å². The van der Waals surface area contributed by atoms with Crippen LogP contribution in [0.3, 0.4) is 0 Å². The van der Waals surface area contributed by atoms with Crippen LogP contribution in [0.5, 0.6) is 5.75 Å². The predicted octanol–water partition coefficient (Wildman–Crippen LogP) is 3.57. The summed E-state index contributed by atoms with van der Waals surface area (Å²) >= 11 is 3.42. The zero-order valence-electron chi connectivity index (χ0n) is 10.8. The van der Waals surface area contributed by atoms with Crippen molar-refractivity contribution in [2.75, 3.05) is 19.0 Å². The summed E-state index contributed by atoms with van der Waals surface area (Å²) in [6.45, 7) is 0.530. The molecule has 0 radical (unpaired) electrons. The van der Waals surface area contributed by atoms with Crippen molar-refractivity contribution >= 4 is 21.6 Å². The molecule has 2 aromatic rings. The van der Waals surface area contributed by atoms with E-state index in [1.165, 1.54) is 0 Å². The van der Waals surface area contributed by atoms with Gasteiger partial charge in [-0.1, -0.05) is 28.1 Å². The van der Waals surface area contributed by atoms with Crippen molar-refractivity contribution in [1.29, 1.82) is 0 Å². The molecular formula is C15H17BrN2O. The minimum atomic E-state index is 0.0899. The number of ether oxygens (including phenoxy) is 1. The van der Waals surface area contributed by atoms with Crippen molar-refractivity contribution in [2.24, 2.45) is 5.73 Å². The van der Waals surface area contributed by atoms with Crippen molar-refractivity contribution < 1.29 is 4.74 Å². The van der Waals surface area contributed by atoms with Crippen molar-refractivity contribution in [3.63, 3.8) is 0 Å². The molecule has 0 spiro atoms. The summed E-state index contributed by atoms with van der Waals surface area (Å²) in [6.07, 6.45) is 0. The number of halogens is 1. The number of hydrogen-bond donors (Lipinski definition) is 2. The minimum absolute atomic E-state index is 0.0899. The predicted molar refractivity (Wildman–Crippen MR) is 82.6 cm³/mol. The number of methoxy groups -OCH3 is 1. The molecule has 1 unspecified atom stereocenters. The van der Waals surface area contributed by atoms with E-state index in [2.05, 4.69) is 21.2 Å². The lowest BCUT2D eigenvalue weighted by Gasteiger charge is -2.19. The zero-order valence-corrected chi connectivity index (χ0v) is 12.4. The Morgan fingerprint density at radius 2 is 1.74 bits per heavy atom. The van der Waals surface area contributed by atoms with E-state index < -0.39 is 0 Å². The van der Waals surface area contributed by atoms with Crippen LogP contribution in [0.2, 0.25) is 0 Å². The molecule has 0 saturated heterocycles. The molecule has 0 saturated carbocycles. The molecule has 4 heteroatoms. The first kappa shape index (κ1) is 13.9. The van der Waals surface area contributed by atoms with Crippen molar-refractivity contribution in [3.8, 4) is 5.75 Å². The van der Waals surface area contributed by atoms with Gasteiger partial charge in [-0.15, -0.1) is 0 Å². The zero-order chi connectivity index (χ0) is 13.7. The highest BCUT2D eigenvalue weighted by molar-refractivity contribution is 9.10. The van der Waals surface area contributed by atoms with E-state index in [4.69, 9.17) is 10.5 Å². The maximum Gasteiger partial charge on any atom is 0.118 e. The molecule has 3 N–H and O–H groups in total. The van der Waals surface area contributed by atoms with Gasteiger partial charge in [0.25, 0.3) is 0 Å². The molecule has 1 atom stereocenters. The first-order valence-corrected chi connectivity index (χ1v) is 6.88. The van der Waals surface area contributed by atoms with Crippen molar-refractivity contribution in [2.45, 2.75) is 6.04 Å². The quantitative estimate of drug-likeness (QED) is 0.885. The van der Waals surface area contributed by atoms with Gasteiger partial charge in [-0.25, -0.2) is 0 Å². The lowest BCUT2D eigenvalue weighted by molar-refractivity contribution is 0.414. The van der Waals surface area contributed by atoms with Gasteiger partial charge < -0.3 is 15.8 Å². The molecule has 100 valence electrons. The van der Waals surface area contributed by atoms with Gasteiger partial charge in [-0.05, 0) is 42.0 Å². The monoisotopic (exact) mass is 320 g/mol. The second kappa shape index (κ2) is 6.59. The summed E-state index contributed by atoms with van der Waals surface area (Å²) in [5.74, 6) is 0.850. The van der Waals surface area contributed by atoms with Gasteiger partial charge in [0.05, 0.1) is 13.2 Å². The molecule has 0 aliphatic heterocycles. The van der Waals surface area contributed by atoms with Crippen molar-refractivity contribution in [3.05, 3.63) is 58.6 Å². The largest absolute Gasteiger partial charge is 0.497 e. The van der Waals surface area contributed by atoms with E-state index in [1.807, 2.05) is 48.5 Å². The molecule has 0 aromatic heterocycles. The van der Waals surface area contributed by atoms with Crippen LogP contribution in [0.15, 0.2) is 53.0 Å². The van der Waals surface area contributed by atoms with Crippen LogP contribution in [-0.4, -0.2) is 13.7 Å². The molecular weight excluding hydrogens is 304 g/mol. The summed E-state index contributed by atoms with van der Waals surface area (Å²) < 4.78 is 6.22. The van der Waals surface area contributed by atoms with E-state index in [-0.39, 0.29) is 6.04 Å². The average molecular weight is 321 g/mol. The van der Waals surface area contributed by atoms with E-state index in [0.29, 0.717) is 6.54 Å². The lowest BCUT2D eigenvalue weighted by Crippen LogP contribution is -2.20. The fourth-order valence-corrected chi connectivity index (χ4v) is 2.13. The molecule has 3 nitrogen and oxygen atoms in total. The van der Waals surface area contributed by atoms with Gasteiger partial charge in [0.1, 0.15) is 5.75 Å². The number of anilines is 1. The number of benzene rings is 2. The fourth-order valence-electron chi connectivity index (χ4n) is 1.86. The van der Waals surface area contributed by atoms with Crippen LogP contribution in [0.4, 0.5) is 5.69 Å². The molecule has 0 aliphatic carbocycles. The highest BCUT2D eigenvalue weighted by atomic mass is 79.9. The Morgan fingerprint density at radius 1 is 1.11 bits per heavy atom. The Balaban J connectivity index is 2.12. The second-order valence-electron chi connectivity index (χ2n) is 4.21. The third kappa shape index (κ3) is 3.72. The fraction of sp³-hybridized carbons (Fsp3) is 0.200. The highest BCUT2D eigenvalue weighted by Crippen LogP contribution is 2.22. The molecule has 0 fully saturated rings. The number of hydrogen-bond acceptors (Lipinski definition) is 3. The summed E-state index contributed by atoms with van der Waals surface area (Å²) in [4.78, 5) is 0. The maximum atomic E-state index is 5.85. The molecule has 2 aromatic carbocycles. The molecule has 0 aliphatic rings. The lowest BCUT2D eigenvalue weighted by atomic mass is 10.1. The topological polar surface area (TPSA) is 47.3 Å². The SMILES string of the molecule is COc1ccc(C(CN)Nc2ccc(Br)cc2)cc1. The Bertz CT molecular complexity index is 511. The van der Waals surface area contributed by atoms with E-state index in [1.54, 1.807) is 7.11 Å². The normalized spacial score (nSPS) is 11.9. The molecule has 0 heterocycles. The Morgan fingerprint density at radius 3 is 2.26 bits per heavy atom. The van der Waals surface area contributed by atoms with Gasteiger partial charge in [-0.2, -0.15) is 0 Å². The van der Waals surface area contributed by atoms with Gasteiger partial charge in [0, 0.05) is 16.7 Å². The minimum Gasteiger partial charge on any atom is -0.497 e. The van der Waals surface area contributed by atoms with Crippen molar-refractivity contribution in [1.82, 2.24) is 0 Å². The standard InChI is InChI=1S/C15H17BrN2O/c1-19-14-8-2-11(3-9-14)15(10-17)18-13-6-4-12(16)5-7-13/h2-9,15,18H,10,17H2,1H3. The van der Waals surface area contributed by atoms with Gasteiger partial charge >= 0.3 is 0 Å². The number of nitrogens with one attached hydrogen (secondary N) is 1. The second-order valence-corrected chi connectivity index (χ2v) is 5.13. The van der Waals surface area contributed by atoms with Crippen LogP contribution >= 0.6 is 15.9 Å². The van der Waals surface area contributed by atoms with E-state index in [0.717, 1.165) is 21.5 Å². The van der Waals surface area contributed by atoms with Gasteiger partial charge in [-0.3, -0.25) is 0 Å². The van der Waals surface area contributed by atoms with Crippen LogP contribution in [0.1, 0.15) is 11.6 Å². The average Bonchev–Trinajstić information content (AvgIpc) is 2.47. The Hall–Kier alpha value is -1.52. The van der Waals surface area contributed by atoms with Gasteiger partial charge in [0.15, 0.2) is 0 Å². The highest BCUT2D eigenvalue weighted by Gasteiger charge is 2.09. The van der Waals surface area contributed by atoms with E-state index in [9.17, 15) is 0 Å². The smallest absolute Gasteiger partial charge is 0.118 e.